The Kier molecular flexibility index (Phi) is 7.39. The molecule has 29 heavy (non-hydrogen) atoms. The van der Waals surface area contributed by atoms with Crippen molar-refractivity contribution < 1.29 is 18.0 Å². The van der Waals surface area contributed by atoms with E-state index in [0.29, 0.717) is 16.9 Å². The van der Waals surface area contributed by atoms with Crippen LogP contribution in [-0.4, -0.2) is 38.6 Å². The van der Waals surface area contributed by atoms with Crippen LogP contribution >= 0.6 is 0 Å². The number of nitrogens with zero attached hydrogens (tertiary/aromatic N) is 1. The third-order valence-electron chi connectivity index (χ3n) is 4.52. The smallest absolute Gasteiger partial charge is 0.253 e. The summed E-state index contributed by atoms with van der Waals surface area (Å²) in [6, 6.07) is 14.0. The summed E-state index contributed by atoms with van der Waals surface area (Å²) >= 11 is 0. The minimum absolute atomic E-state index is 0.0102. The second-order valence-electron chi connectivity index (χ2n) is 6.89. The van der Waals surface area contributed by atoms with Crippen LogP contribution in [0.25, 0.3) is 0 Å². The van der Waals surface area contributed by atoms with Crippen LogP contribution in [0.4, 0.5) is 11.4 Å². The lowest BCUT2D eigenvalue weighted by atomic mass is 10.1. The van der Waals surface area contributed by atoms with Gasteiger partial charge in [0.1, 0.15) is 6.04 Å². The highest BCUT2D eigenvalue weighted by Crippen LogP contribution is 2.22. The second-order valence-corrected chi connectivity index (χ2v) is 8.75. The molecule has 0 radical (unpaired) electrons. The van der Waals surface area contributed by atoms with Crippen molar-refractivity contribution in [3.05, 3.63) is 60.2 Å². The zero-order chi connectivity index (χ0) is 21.6. The summed E-state index contributed by atoms with van der Waals surface area (Å²) in [5, 5.41) is 5.56. The van der Waals surface area contributed by atoms with E-state index in [4.69, 9.17) is 0 Å². The van der Waals surface area contributed by atoms with Gasteiger partial charge in [0.2, 0.25) is 15.9 Å². The van der Waals surface area contributed by atoms with Crippen LogP contribution < -0.4 is 14.9 Å². The third-order valence-corrected chi connectivity index (χ3v) is 5.76. The summed E-state index contributed by atoms with van der Waals surface area (Å²) in [6.45, 7) is 5.36. The molecular formula is C21H27N3O4S. The minimum atomic E-state index is -3.71. The lowest BCUT2D eigenvalue weighted by Crippen LogP contribution is -2.45. The molecule has 0 unspecified atom stereocenters. The van der Waals surface area contributed by atoms with Crippen molar-refractivity contribution in [3.8, 4) is 0 Å². The van der Waals surface area contributed by atoms with E-state index >= 15 is 0 Å². The highest BCUT2D eigenvalue weighted by molar-refractivity contribution is 7.92. The summed E-state index contributed by atoms with van der Waals surface area (Å²) in [6.07, 6.45) is 1.83. The Morgan fingerprint density at radius 1 is 1.00 bits per heavy atom. The quantitative estimate of drug-likeness (QED) is 0.690. The summed E-state index contributed by atoms with van der Waals surface area (Å²) in [7, 11) is -3.71. The lowest BCUT2D eigenvalue weighted by molar-refractivity contribution is -0.116. The standard InChI is InChI=1S/C21H27N3O4S/c1-5-15(2)22-21(26)18-13-9-10-14-19(18)23-20(25)16(3)24(29(4,27)28)17-11-7-6-8-12-17/h6-16H,5H2,1-4H3,(H,22,26)(H,23,25)/t15-,16-/m1/s1. The number of nitrogens with one attached hydrogen (secondary N) is 2. The molecule has 0 bridgehead atoms. The largest absolute Gasteiger partial charge is 0.350 e. The number of carbonyl (C=O) groups is 2. The van der Waals surface area contributed by atoms with E-state index in [-0.39, 0.29) is 11.9 Å². The number of anilines is 2. The maximum absolute atomic E-state index is 12.9. The molecule has 2 rings (SSSR count). The van der Waals surface area contributed by atoms with Gasteiger partial charge < -0.3 is 10.6 Å². The van der Waals surface area contributed by atoms with Crippen molar-refractivity contribution >= 4 is 33.2 Å². The Labute approximate surface area is 172 Å². The highest BCUT2D eigenvalue weighted by atomic mass is 32.2. The maximum atomic E-state index is 12.9. The van der Waals surface area contributed by atoms with Crippen molar-refractivity contribution in [3.63, 3.8) is 0 Å². The van der Waals surface area contributed by atoms with Gasteiger partial charge in [-0.15, -0.1) is 0 Å². The normalized spacial score (nSPS) is 13.2. The first kappa shape index (κ1) is 22.4. The number of amides is 2. The van der Waals surface area contributed by atoms with Crippen molar-refractivity contribution in [2.45, 2.75) is 39.3 Å². The Bertz CT molecular complexity index is 961. The monoisotopic (exact) mass is 417 g/mol. The number of para-hydroxylation sites is 2. The Balaban J connectivity index is 2.28. The van der Waals surface area contributed by atoms with Crippen LogP contribution in [0, 0.1) is 0 Å². The molecule has 0 saturated carbocycles. The average molecular weight is 418 g/mol. The molecule has 0 aromatic heterocycles. The average Bonchev–Trinajstić information content (AvgIpc) is 2.68. The fraction of sp³-hybridized carbons (Fsp3) is 0.333. The van der Waals surface area contributed by atoms with E-state index in [1.54, 1.807) is 54.6 Å². The van der Waals surface area contributed by atoms with Gasteiger partial charge in [-0.3, -0.25) is 13.9 Å². The number of benzene rings is 2. The number of carbonyl (C=O) groups excluding carboxylic acids is 2. The van der Waals surface area contributed by atoms with E-state index in [0.717, 1.165) is 17.0 Å². The maximum Gasteiger partial charge on any atom is 0.253 e. The Morgan fingerprint density at radius 3 is 2.17 bits per heavy atom. The molecular weight excluding hydrogens is 390 g/mol. The van der Waals surface area contributed by atoms with Crippen LogP contribution in [0.5, 0.6) is 0 Å². The number of rotatable bonds is 8. The van der Waals surface area contributed by atoms with Gasteiger partial charge in [0.15, 0.2) is 0 Å². The van der Waals surface area contributed by atoms with Crippen LogP contribution in [0.2, 0.25) is 0 Å². The molecule has 0 aliphatic rings. The molecule has 0 saturated heterocycles. The van der Waals surface area contributed by atoms with Crippen molar-refractivity contribution in [1.29, 1.82) is 0 Å². The molecule has 0 heterocycles. The summed E-state index contributed by atoms with van der Waals surface area (Å²) in [4.78, 5) is 25.4. The van der Waals surface area contributed by atoms with Gasteiger partial charge >= 0.3 is 0 Å². The van der Waals surface area contributed by atoms with E-state index in [2.05, 4.69) is 10.6 Å². The zero-order valence-electron chi connectivity index (χ0n) is 17.0. The molecule has 2 aromatic carbocycles. The number of hydrogen-bond donors (Lipinski definition) is 2. The van der Waals surface area contributed by atoms with Gasteiger partial charge in [0, 0.05) is 6.04 Å². The van der Waals surface area contributed by atoms with Gasteiger partial charge in [-0.2, -0.15) is 0 Å². The highest BCUT2D eigenvalue weighted by Gasteiger charge is 2.29. The molecule has 156 valence electrons. The molecule has 0 fully saturated rings. The van der Waals surface area contributed by atoms with E-state index in [9.17, 15) is 18.0 Å². The number of hydrogen-bond acceptors (Lipinski definition) is 4. The van der Waals surface area contributed by atoms with Gasteiger partial charge in [0.05, 0.1) is 23.2 Å². The van der Waals surface area contributed by atoms with Crippen LogP contribution in [0.1, 0.15) is 37.6 Å². The van der Waals surface area contributed by atoms with Crippen molar-refractivity contribution in [2.75, 3.05) is 15.9 Å². The first-order valence-electron chi connectivity index (χ1n) is 9.40. The molecule has 2 aromatic rings. The summed E-state index contributed by atoms with van der Waals surface area (Å²) in [5.74, 6) is -0.839. The zero-order valence-corrected chi connectivity index (χ0v) is 17.9. The van der Waals surface area contributed by atoms with Gasteiger partial charge in [-0.25, -0.2) is 8.42 Å². The van der Waals surface area contributed by atoms with Crippen molar-refractivity contribution in [1.82, 2.24) is 5.32 Å². The fourth-order valence-electron chi connectivity index (χ4n) is 2.81. The lowest BCUT2D eigenvalue weighted by Gasteiger charge is -2.28. The van der Waals surface area contributed by atoms with E-state index in [1.807, 2.05) is 13.8 Å². The minimum Gasteiger partial charge on any atom is -0.350 e. The Hall–Kier alpha value is -2.87. The molecule has 8 heteroatoms. The molecule has 0 spiro atoms. The molecule has 2 amide bonds. The first-order valence-corrected chi connectivity index (χ1v) is 11.2. The van der Waals surface area contributed by atoms with Crippen molar-refractivity contribution in [2.24, 2.45) is 0 Å². The molecule has 0 aliphatic carbocycles. The SMILES string of the molecule is CC[C@@H](C)NC(=O)c1ccccc1NC(=O)[C@@H](C)N(c1ccccc1)S(C)(=O)=O. The van der Waals surface area contributed by atoms with E-state index in [1.165, 1.54) is 6.92 Å². The van der Waals surface area contributed by atoms with Crippen LogP contribution in [-0.2, 0) is 14.8 Å². The molecule has 0 aliphatic heterocycles. The predicted molar refractivity (Wildman–Crippen MR) is 116 cm³/mol. The second kappa shape index (κ2) is 9.56. The van der Waals surface area contributed by atoms with Gasteiger partial charge in [-0.1, -0.05) is 37.3 Å². The fourth-order valence-corrected chi connectivity index (χ4v) is 3.99. The molecule has 7 nitrogen and oxygen atoms in total. The van der Waals surface area contributed by atoms with Gasteiger partial charge in [0.25, 0.3) is 5.91 Å². The van der Waals surface area contributed by atoms with Gasteiger partial charge in [-0.05, 0) is 44.5 Å². The third kappa shape index (κ3) is 5.80. The predicted octanol–water partition coefficient (Wildman–Crippen LogP) is 3.01. The molecule has 2 N–H and O–H groups in total. The Morgan fingerprint density at radius 2 is 1.59 bits per heavy atom. The first-order chi connectivity index (χ1) is 13.6. The molecule has 2 atom stereocenters. The van der Waals surface area contributed by atoms with Crippen LogP contribution in [0.15, 0.2) is 54.6 Å². The number of sulfonamides is 1. The topological polar surface area (TPSA) is 95.6 Å². The summed E-state index contributed by atoms with van der Waals surface area (Å²) in [5.41, 5.74) is 1.03. The summed E-state index contributed by atoms with van der Waals surface area (Å²) < 4.78 is 25.7. The van der Waals surface area contributed by atoms with E-state index < -0.39 is 22.0 Å². The van der Waals surface area contributed by atoms with Crippen LogP contribution in [0.3, 0.4) is 0 Å².